The van der Waals surface area contributed by atoms with Crippen LogP contribution in [0.15, 0.2) is 53.1 Å². The van der Waals surface area contributed by atoms with E-state index in [2.05, 4.69) is 15.5 Å². The molecule has 9 heteroatoms. The van der Waals surface area contributed by atoms with E-state index in [4.69, 9.17) is 16.1 Å². The number of carbonyl (C=O) groups is 1. The van der Waals surface area contributed by atoms with Crippen LogP contribution in [0.25, 0.3) is 11.4 Å². The molecule has 1 heterocycles. The Kier molecular flexibility index (Phi) is 6.23. The smallest absolute Gasteiger partial charge is 0.270 e. The second-order valence-electron chi connectivity index (χ2n) is 6.58. The van der Waals surface area contributed by atoms with Gasteiger partial charge in [0.05, 0.1) is 15.5 Å². The Balaban J connectivity index is 1.89. The predicted molar refractivity (Wildman–Crippen MR) is 108 cm³/mol. The van der Waals surface area contributed by atoms with E-state index in [1.165, 1.54) is 12.1 Å². The fourth-order valence-corrected chi connectivity index (χ4v) is 3.01. The Morgan fingerprint density at radius 3 is 2.72 bits per heavy atom. The van der Waals surface area contributed by atoms with Crippen LogP contribution in [0, 0.1) is 16.0 Å². The maximum Gasteiger partial charge on any atom is 0.270 e. The summed E-state index contributed by atoms with van der Waals surface area (Å²) in [6.07, 6.45) is 0.752. The van der Waals surface area contributed by atoms with Crippen LogP contribution >= 0.6 is 11.6 Å². The summed E-state index contributed by atoms with van der Waals surface area (Å²) < 4.78 is 5.39. The third-order valence-electron chi connectivity index (χ3n) is 4.64. The van der Waals surface area contributed by atoms with Gasteiger partial charge in [0.15, 0.2) is 0 Å². The first-order valence-electron chi connectivity index (χ1n) is 9.04. The van der Waals surface area contributed by atoms with Crippen LogP contribution in [-0.2, 0) is 0 Å². The Hall–Kier alpha value is -3.26. The highest BCUT2D eigenvalue weighted by Gasteiger charge is 2.27. The molecule has 0 bridgehead atoms. The molecule has 0 spiro atoms. The fraction of sp³-hybridized carbons (Fsp3) is 0.250. The fourth-order valence-electron chi connectivity index (χ4n) is 2.78. The van der Waals surface area contributed by atoms with Gasteiger partial charge in [-0.05, 0) is 18.1 Å². The van der Waals surface area contributed by atoms with Gasteiger partial charge < -0.3 is 9.84 Å². The van der Waals surface area contributed by atoms with Crippen molar-refractivity contribution in [3.05, 3.63) is 75.1 Å². The van der Waals surface area contributed by atoms with Crippen LogP contribution in [0.2, 0.25) is 5.02 Å². The number of hydrogen-bond donors (Lipinski definition) is 1. The van der Waals surface area contributed by atoms with Gasteiger partial charge in [0.2, 0.25) is 11.7 Å². The van der Waals surface area contributed by atoms with Crippen LogP contribution in [-0.4, -0.2) is 21.0 Å². The monoisotopic (exact) mass is 414 g/mol. The number of carbonyl (C=O) groups excluding carboxylic acids is 1. The molecule has 3 aromatic rings. The predicted octanol–water partition coefficient (Wildman–Crippen LogP) is 4.82. The van der Waals surface area contributed by atoms with E-state index < -0.39 is 11.0 Å². The molecule has 0 aliphatic heterocycles. The largest absolute Gasteiger partial charge is 0.340 e. The van der Waals surface area contributed by atoms with Crippen molar-refractivity contribution in [1.29, 1.82) is 0 Å². The molecule has 0 aliphatic rings. The highest BCUT2D eigenvalue weighted by molar-refractivity contribution is 6.33. The van der Waals surface area contributed by atoms with E-state index in [0.717, 1.165) is 6.42 Å². The van der Waals surface area contributed by atoms with E-state index >= 15 is 0 Å². The lowest BCUT2D eigenvalue weighted by Crippen LogP contribution is -2.33. The number of halogens is 1. The van der Waals surface area contributed by atoms with Crippen molar-refractivity contribution in [3.8, 4) is 11.4 Å². The van der Waals surface area contributed by atoms with Gasteiger partial charge in [-0.15, -0.1) is 0 Å². The number of amides is 1. The summed E-state index contributed by atoms with van der Waals surface area (Å²) in [7, 11) is 0. The van der Waals surface area contributed by atoms with Gasteiger partial charge in [0.1, 0.15) is 6.04 Å². The minimum atomic E-state index is -0.538. The molecule has 1 amide bonds. The van der Waals surface area contributed by atoms with Crippen molar-refractivity contribution in [2.45, 2.75) is 26.3 Å². The molecule has 0 unspecified atom stereocenters. The molecule has 0 saturated heterocycles. The molecule has 0 aliphatic carbocycles. The minimum Gasteiger partial charge on any atom is -0.340 e. The number of nitro groups is 1. The van der Waals surface area contributed by atoms with Crippen molar-refractivity contribution < 1.29 is 14.2 Å². The summed E-state index contributed by atoms with van der Waals surface area (Å²) >= 11 is 6.12. The van der Waals surface area contributed by atoms with Crippen LogP contribution < -0.4 is 5.32 Å². The third kappa shape index (κ3) is 4.60. The van der Waals surface area contributed by atoms with E-state index in [1.807, 2.05) is 13.8 Å². The molecular weight excluding hydrogens is 396 g/mol. The summed E-state index contributed by atoms with van der Waals surface area (Å²) in [5.41, 5.74) is 0.731. The Bertz CT molecular complexity index is 1040. The van der Waals surface area contributed by atoms with Crippen molar-refractivity contribution in [3.63, 3.8) is 0 Å². The SMILES string of the molecule is CC[C@H](C)[C@@H](NC(=O)c1ccccc1Cl)c1nc(-c2cccc([N+](=O)[O-])c2)no1. The van der Waals surface area contributed by atoms with Gasteiger partial charge in [-0.1, -0.05) is 61.3 Å². The molecule has 150 valence electrons. The lowest BCUT2D eigenvalue weighted by atomic mass is 9.98. The van der Waals surface area contributed by atoms with Crippen molar-refractivity contribution >= 4 is 23.2 Å². The molecule has 0 fully saturated rings. The zero-order chi connectivity index (χ0) is 21.0. The van der Waals surface area contributed by atoms with E-state index in [-0.39, 0.29) is 29.2 Å². The van der Waals surface area contributed by atoms with E-state index in [1.54, 1.807) is 36.4 Å². The lowest BCUT2D eigenvalue weighted by molar-refractivity contribution is -0.384. The number of nitro benzene ring substituents is 1. The quantitative estimate of drug-likeness (QED) is 0.438. The molecule has 2 atom stereocenters. The van der Waals surface area contributed by atoms with Crippen LogP contribution in [0.1, 0.15) is 42.6 Å². The van der Waals surface area contributed by atoms with E-state index in [0.29, 0.717) is 16.1 Å². The van der Waals surface area contributed by atoms with Crippen LogP contribution in [0.3, 0.4) is 0 Å². The summed E-state index contributed by atoms with van der Waals surface area (Å²) in [6, 6.07) is 12.2. The molecule has 29 heavy (non-hydrogen) atoms. The molecule has 0 radical (unpaired) electrons. The number of rotatable bonds is 7. The zero-order valence-electron chi connectivity index (χ0n) is 15.8. The first-order chi connectivity index (χ1) is 13.9. The number of nitrogens with one attached hydrogen (secondary N) is 1. The summed E-state index contributed by atoms with van der Waals surface area (Å²) in [5.74, 6) is 0.0844. The summed E-state index contributed by atoms with van der Waals surface area (Å²) in [4.78, 5) is 27.6. The van der Waals surface area contributed by atoms with Gasteiger partial charge in [-0.3, -0.25) is 14.9 Å². The first kappa shape index (κ1) is 20.5. The summed E-state index contributed by atoms with van der Waals surface area (Å²) in [6.45, 7) is 3.94. The van der Waals surface area contributed by atoms with Gasteiger partial charge in [-0.2, -0.15) is 4.98 Å². The molecule has 8 nitrogen and oxygen atoms in total. The Labute approximate surface area is 172 Å². The number of hydrogen-bond acceptors (Lipinski definition) is 6. The van der Waals surface area contributed by atoms with E-state index in [9.17, 15) is 14.9 Å². The Morgan fingerprint density at radius 1 is 1.28 bits per heavy atom. The average molecular weight is 415 g/mol. The van der Waals surface area contributed by atoms with Gasteiger partial charge in [-0.25, -0.2) is 0 Å². The number of nitrogens with zero attached hydrogens (tertiary/aromatic N) is 3. The maximum absolute atomic E-state index is 12.7. The summed E-state index contributed by atoms with van der Waals surface area (Å²) in [5, 5.41) is 18.2. The zero-order valence-corrected chi connectivity index (χ0v) is 16.6. The molecular formula is C20H19ClN4O4. The maximum atomic E-state index is 12.7. The molecule has 1 aromatic heterocycles. The topological polar surface area (TPSA) is 111 Å². The number of non-ortho nitro benzene ring substituents is 1. The number of aromatic nitrogens is 2. The highest BCUT2D eigenvalue weighted by Crippen LogP contribution is 2.28. The third-order valence-corrected chi connectivity index (χ3v) is 4.97. The van der Waals surface area contributed by atoms with Gasteiger partial charge in [0, 0.05) is 17.7 Å². The highest BCUT2D eigenvalue weighted by atomic mass is 35.5. The molecule has 1 N–H and O–H groups in total. The Morgan fingerprint density at radius 2 is 2.03 bits per heavy atom. The van der Waals surface area contributed by atoms with Gasteiger partial charge >= 0.3 is 0 Å². The van der Waals surface area contributed by atoms with Crippen molar-refractivity contribution in [1.82, 2.24) is 15.5 Å². The second kappa shape index (κ2) is 8.83. The lowest BCUT2D eigenvalue weighted by Gasteiger charge is -2.21. The van der Waals surface area contributed by atoms with Crippen molar-refractivity contribution in [2.75, 3.05) is 0 Å². The molecule has 3 rings (SSSR count). The van der Waals surface area contributed by atoms with Crippen LogP contribution in [0.5, 0.6) is 0 Å². The minimum absolute atomic E-state index is 0.000141. The van der Waals surface area contributed by atoms with Gasteiger partial charge in [0.25, 0.3) is 11.6 Å². The van der Waals surface area contributed by atoms with Crippen molar-refractivity contribution in [2.24, 2.45) is 5.92 Å². The average Bonchev–Trinajstić information content (AvgIpc) is 3.21. The number of benzene rings is 2. The molecule has 0 saturated carbocycles. The first-order valence-corrected chi connectivity index (χ1v) is 9.42. The molecule has 2 aromatic carbocycles. The van der Waals surface area contributed by atoms with Crippen LogP contribution in [0.4, 0.5) is 5.69 Å². The second-order valence-corrected chi connectivity index (χ2v) is 6.99. The standard InChI is InChI=1S/C20H19ClN4O4/c1-3-12(2)17(22-19(26)15-9-4-5-10-16(15)21)20-23-18(24-29-20)13-7-6-8-14(11-13)25(27)28/h4-12,17H,3H2,1-2H3,(H,22,26)/t12-,17+/m0/s1. The normalized spacial score (nSPS) is 12.9.